The summed E-state index contributed by atoms with van der Waals surface area (Å²) in [6, 6.07) is 0. The van der Waals surface area contributed by atoms with Gasteiger partial charge >= 0.3 is 5.97 Å². The quantitative estimate of drug-likeness (QED) is 0.672. The van der Waals surface area contributed by atoms with Gasteiger partial charge in [0.1, 0.15) is 0 Å². The summed E-state index contributed by atoms with van der Waals surface area (Å²) in [4.78, 5) is 12.2. The molecular weight excluding hydrogens is 212 g/mol. The largest absolute Gasteiger partial charge is 0.465 e. The van der Waals surface area contributed by atoms with Crippen molar-refractivity contribution in [3.63, 3.8) is 0 Å². The summed E-state index contributed by atoms with van der Waals surface area (Å²) >= 11 is 0. The molecule has 0 aromatic carbocycles. The number of hydrogen-bond acceptors (Lipinski definition) is 2. The maximum Gasteiger partial charge on any atom is 0.311 e. The number of carbonyl (C=O) groups is 1. The molecule has 0 saturated heterocycles. The summed E-state index contributed by atoms with van der Waals surface area (Å²) in [5.74, 6) is 0.652. The van der Waals surface area contributed by atoms with Crippen LogP contribution in [0.3, 0.4) is 0 Å². The number of rotatable bonds is 5. The summed E-state index contributed by atoms with van der Waals surface area (Å²) in [5.41, 5.74) is -0.315. The standard InChI is InChI=1S/C15H30O2/c1-9-11(2)10-17-13(16)15(7,8)12(3)14(4,5)6/h11-12H,9-10H2,1-8H3. The van der Waals surface area contributed by atoms with Crippen LogP contribution in [0.15, 0.2) is 0 Å². The zero-order chi connectivity index (χ0) is 13.9. The molecule has 2 unspecified atom stereocenters. The highest BCUT2D eigenvalue weighted by Crippen LogP contribution is 2.40. The van der Waals surface area contributed by atoms with Crippen LogP contribution in [0.4, 0.5) is 0 Å². The van der Waals surface area contributed by atoms with Gasteiger partial charge in [-0.25, -0.2) is 0 Å². The van der Waals surface area contributed by atoms with E-state index in [1.165, 1.54) is 0 Å². The van der Waals surface area contributed by atoms with Gasteiger partial charge < -0.3 is 4.74 Å². The van der Waals surface area contributed by atoms with Gasteiger partial charge in [-0.2, -0.15) is 0 Å². The molecule has 0 rings (SSSR count). The molecule has 17 heavy (non-hydrogen) atoms. The normalized spacial score (nSPS) is 16.5. The maximum absolute atomic E-state index is 12.2. The Bertz CT molecular complexity index is 248. The fraction of sp³-hybridized carbons (Fsp3) is 0.933. The molecule has 102 valence electrons. The zero-order valence-electron chi connectivity index (χ0n) is 12.9. The van der Waals surface area contributed by atoms with E-state index in [2.05, 4.69) is 41.5 Å². The van der Waals surface area contributed by atoms with E-state index in [1.54, 1.807) is 0 Å². The molecule has 0 aliphatic carbocycles. The fourth-order valence-electron chi connectivity index (χ4n) is 1.78. The number of ether oxygens (including phenoxy) is 1. The third-order valence-corrected chi connectivity index (χ3v) is 4.10. The van der Waals surface area contributed by atoms with Crippen LogP contribution in [0, 0.1) is 22.7 Å². The van der Waals surface area contributed by atoms with E-state index in [9.17, 15) is 4.79 Å². The molecule has 0 spiro atoms. The number of carbonyl (C=O) groups excluding carboxylic acids is 1. The Hall–Kier alpha value is -0.530. The molecule has 0 amide bonds. The third-order valence-electron chi connectivity index (χ3n) is 4.10. The van der Waals surface area contributed by atoms with Crippen molar-refractivity contribution in [3.05, 3.63) is 0 Å². The molecule has 0 aliphatic rings. The van der Waals surface area contributed by atoms with Gasteiger partial charge in [0.2, 0.25) is 0 Å². The Labute approximate surface area is 107 Å². The first-order valence-electron chi connectivity index (χ1n) is 6.70. The molecule has 0 N–H and O–H groups in total. The minimum absolute atomic E-state index is 0.0692. The van der Waals surface area contributed by atoms with Gasteiger partial charge in [0.25, 0.3) is 0 Å². The molecule has 0 heterocycles. The van der Waals surface area contributed by atoms with E-state index < -0.39 is 5.41 Å². The Morgan fingerprint density at radius 1 is 1.12 bits per heavy atom. The first kappa shape index (κ1) is 16.5. The van der Waals surface area contributed by atoms with Gasteiger partial charge in [0.05, 0.1) is 12.0 Å². The Morgan fingerprint density at radius 3 is 1.94 bits per heavy atom. The number of hydrogen-bond donors (Lipinski definition) is 0. The average molecular weight is 242 g/mol. The summed E-state index contributed by atoms with van der Waals surface area (Å²) < 4.78 is 5.44. The molecule has 0 aromatic heterocycles. The van der Waals surface area contributed by atoms with E-state index in [1.807, 2.05) is 13.8 Å². The van der Waals surface area contributed by atoms with Crippen molar-refractivity contribution >= 4 is 5.97 Å². The van der Waals surface area contributed by atoms with Gasteiger partial charge in [-0.1, -0.05) is 48.0 Å². The molecule has 2 nitrogen and oxygen atoms in total. The van der Waals surface area contributed by atoms with Crippen LogP contribution < -0.4 is 0 Å². The Balaban J connectivity index is 4.55. The molecular formula is C15H30O2. The first-order chi connectivity index (χ1) is 7.53. The van der Waals surface area contributed by atoms with Crippen LogP contribution in [0.1, 0.15) is 61.8 Å². The van der Waals surface area contributed by atoms with E-state index in [0.717, 1.165) is 6.42 Å². The summed E-state index contributed by atoms with van der Waals surface area (Å²) in [5, 5.41) is 0. The summed E-state index contributed by atoms with van der Waals surface area (Å²) in [6.07, 6.45) is 1.04. The van der Waals surface area contributed by atoms with Crippen LogP contribution >= 0.6 is 0 Å². The molecule has 0 aliphatic heterocycles. The highest BCUT2D eigenvalue weighted by atomic mass is 16.5. The van der Waals surface area contributed by atoms with Crippen molar-refractivity contribution in [2.45, 2.75) is 61.8 Å². The van der Waals surface area contributed by atoms with Crippen LogP contribution in [-0.2, 0) is 9.53 Å². The molecule has 0 fully saturated rings. The molecule has 2 heteroatoms. The second-order valence-electron chi connectivity index (χ2n) is 6.92. The Kier molecular flexibility index (Phi) is 5.70. The second-order valence-corrected chi connectivity index (χ2v) is 6.92. The van der Waals surface area contributed by atoms with E-state index in [0.29, 0.717) is 12.5 Å². The van der Waals surface area contributed by atoms with Crippen molar-refractivity contribution in [1.82, 2.24) is 0 Å². The average Bonchev–Trinajstić information content (AvgIpc) is 2.22. The smallest absolute Gasteiger partial charge is 0.311 e. The molecule has 0 radical (unpaired) electrons. The van der Waals surface area contributed by atoms with Crippen molar-refractivity contribution < 1.29 is 9.53 Å². The van der Waals surface area contributed by atoms with E-state index in [4.69, 9.17) is 4.74 Å². The van der Waals surface area contributed by atoms with Gasteiger partial charge in [0, 0.05) is 0 Å². The maximum atomic E-state index is 12.2. The van der Waals surface area contributed by atoms with E-state index in [-0.39, 0.29) is 17.3 Å². The molecule has 0 bridgehead atoms. The lowest BCUT2D eigenvalue weighted by Crippen LogP contribution is -2.40. The van der Waals surface area contributed by atoms with Crippen LogP contribution in [0.5, 0.6) is 0 Å². The summed E-state index contributed by atoms with van der Waals surface area (Å²) in [6.45, 7) is 17.4. The lowest BCUT2D eigenvalue weighted by atomic mass is 9.67. The van der Waals surface area contributed by atoms with Gasteiger partial charge in [-0.15, -0.1) is 0 Å². The van der Waals surface area contributed by atoms with Gasteiger partial charge in [0.15, 0.2) is 0 Å². The fourth-order valence-corrected chi connectivity index (χ4v) is 1.78. The van der Waals surface area contributed by atoms with Crippen molar-refractivity contribution in [3.8, 4) is 0 Å². The zero-order valence-corrected chi connectivity index (χ0v) is 12.9. The molecule has 0 aromatic rings. The molecule has 2 atom stereocenters. The van der Waals surface area contributed by atoms with Crippen LogP contribution in [0.2, 0.25) is 0 Å². The third kappa shape index (κ3) is 4.69. The Morgan fingerprint density at radius 2 is 1.59 bits per heavy atom. The second kappa shape index (κ2) is 5.88. The van der Waals surface area contributed by atoms with Crippen molar-refractivity contribution in [2.75, 3.05) is 6.61 Å². The first-order valence-corrected chi connectivity index (χ1v) is 6.70. The van der Waals surface area contributed by atoms with Crippen molar-refractivity contribution in [1.29, 1.82) is 0 Å². The highest BCUT2D eigenvalue weighted by Gasteiger charge is 2.41. The van der Waals surface area contributed by atoms with Gasteiger partial charge in [-0.05, 0) is 31.1 Å². The molecule has 0 saturated carbocycles. The predicted octanol–water partition coefficient (Wildman–Crippen LogP) is 4.28. The van der Waals surface area contributed by atoms with Crippen LogP contribution in [-0.4, -0.2) is 12.6 Å². The summed E-state index contributed by atoms with van der Waals surface area (Å²) in [7, 11) is 0. The minimum Gasteiger partial charge on any atom is -0.465 e. The van der Waals surface area contributed by atoms with E-state index >= 15 is 0 Å². The number of esters is 1. The van der Waals surface area contributed by atoms with Gasteiger partial charge in [-0.3, -0.25) is 4.79 Å². The lowest BCUT2D eigenvalue weighted by Gasteiger charge is -2.38. The van der Waals surface area contributed by atoms with Crippen molar-refractivity contribution in [2.24, 2.45) is 22.7 Å². The monoisotopic (exact) mass is 242 g/mol. The minimum atomic E-state index is -0.425. The highest BCUT2D eigenvalue weighted by molar-refractivity contribution is 5.76. The topological polar surface area (TPSA) is 26.3 Å². The van der Waals surface area contributed by atoms with Crippen LogP contribution in [0.25, 0.3) is 0 Å². The lowest BCUT2D eigenvalue weighted by molar-refractivity contribution is -0.160. The SMILES string of the molecule is CCC(C)COC(=O)C(C)(C)C(C)C(C)(C)C. The predicted molar refractivity (Wildman–Crippen MR) is 72.8 cm³/mol.